The lowest BCUT2D eigenvalue weighted by Gasteiger charge is -2.37. The van der Waals surface area contributed by atoms with Gasteiger partial charge in [-0.15, -0.1) is 10.2 Å². The molecule has 0 aliphatic heterocycles. The van der Waals surface area contributed by atoms with E-state index in [0.717, 1.165) is 39.9 Å². The number of nitriles is 1. The van der Waals surface area contributed by atoms with E-state index in [2.05, 4.69) is 46.5 Å². The van der Waals surface area contributed by atoms with Crippen LogP contribution in [0.15, 0.2) is 43.0 Å². The van der Waals surface area contributed by atoms with E-state index in [1.54, 1.807) is 18.0 Å². The van der Waals surface area contributed by atoms with Gasteiger partial charge in [-0.25, -0.2) is 0 Å². The van der Waals surface area contributed by atoms with Crippen molar-refractivity contribution in [2.24, 2.45) is 12.8 Å². The number of hydrogen-bond donors (Lipinski definition) is 2. The molecule has 45 heavy (non-hydrogen) atoms. The molecule has 3 atom stereocenters. The number of hydrogen-bond acceptors (Lipinski definition) is 8. The number of nitrogens with one attached hydrogen (secondary N) is 1. The van der Waals surface area contributed by atoms with E-state index in [-0.39, 0.29) is 24.5 Å². The summed E-state index contributed by atoms with van der Waals surface area (Å²) in [5.41, 5.74) is 11.3. The van der Waals surface area contributed by atoms with Crippen LogP contribution in [0.2, 0.25) is 0 Å². The highest BCUT2D eigenvalue weighted by atomic mass is 16.2. The van der Waals surface area contributed by atoms with E-state index in [1.165, 1.54) is 4.80 Å². The van der Waals surface area contributed by atoms with Gasteiger partial charge in [-0.3, -0.25) is 9.59 Å². The lowest BCUT2D eigenvalue weighted by atomic mass is 9.67. The van der Waals surface area contributed by atoms with Gasteiger partial charge >= 0.3 is 0 Å². The maximum atomic E-state index is 13.4. The third-order valence-corrected chi connectivity index (χ3v) is 8.77. The molecule has 0 bridgehead atoms. The highest BCUT2D eigenvalue weighted by Crippen LogP contribution is 2.47. The van der Waals surface area contributed by atoms with E-state index in [1.807, 2.05) is 58.8 Å². The summed E-state index contributed by atoms with van der Waals surface area (Å²) in [6, 6.07) is 13.5. The van der Waals surface area contributed by atoms with Crippen molar-refractivity contribution < 1.29 is 9.59 Å². The van der Waals surface area contributed by atoms with Crippen LogP contribution in [0.4, 0.5) is 0 Å². The molecule has 0 spiro atoms. The van der Waals surface area contributed by atoms with Crippen LogP contribution in [0, 0.1) is 11.3 Å². The standard InChI is InChI=1S/C34H45N9O2/c1-9-28(19-35)43(21(2)3)31(44)20-37-22(4)18-34(33-38-40-42(8)39-33)29-14-12-24(23(5)41(6)7)16-25(29)10-11-26-17-27(32(36)45)13-15-30(26)34/h12-17,21-22,28,37H,5,9-11,18,20H2,1-4,6-8H3,(H2,36,45). The molecular weight excluding hydrogens is 566 g/mol. The number of nitrogens with two attached hydrogens (primary N) is 1. The molecule has 238 valence electrons. The Bertz CT molecular complexity index is 1620. The number of rotatable bonds is 12. The van der Waals surface area contributed by atoms with Crippen LogP contribution in [0.3, 0.4) is 0 Å². The van der Waals surface area contributed by atoms with Crippen molar-refractivity contribution in [2.45, 2.75) is 76.9 Å². The molecule has 3 N–H and O–H groups in total. The van der Waals surface area contributed by atoms with Crippen LogP contribution >= 0.6 is 0 Å². The Balaban J connectivity index is 1.85. The maximum Gasteiger partial charge on any atom is 0.248 e. The van der Waals surface area contributed by atoms with Crippen molar-refractivity contribution in [2.75, 3.05) is 20.6 Å². The number of tetrazole rings is 1. The number of amides is 2. The zero-order valence-electron chi connectivity index (χ0n) is 27.5. The van der Waals surface area contributed by atoms with Crippen molar-refractivity contribution in [3.63, 3.8) is 0 Å². The summed E-state index contributed by atoms with van der Waals surface area (Å²) < 4.78 is 0. The molecule has 1 aliphatic rings. The zero-order chi connectivity index (χ0) is 33.1. The third kappa shape index (κ3) is 6.61. The molecule has 11 heteroatoms. The fourth-order valence-electron chi connectivity index (χ4n) is 6.50. The minimum absolute atomic E-state index is 0.0728. The number of carbonyl (C=O) groups is 2. The van der Waals surface area contributed by atoms with Crippen LogP contribution in [-0.2, 0) is 30.1 Å². The van der Waals surface area contributed by atoms with Crippen LogP contribution < -0.4 is 11.1 Å². The molecule has 2 aromatic carbocycles. The summed E-state index contributed by atoms with van der Waals surface area (Å²) in [5, 5.41) is 26.7. The molecule has 2 amide bonds. The van der Waals surface area contributed by atoms with Crippen molar-refractivity contribution in [3.05, 3.63) is 82.2 Å². The molecule has 1 aliphatic carbocycles. The van der Waals surface area contributed by atoms with Gasteiger partial charge in [-0.1, -0.05) is 31.7 Å². The van der Waals surface area contributed by atoms with Gasteiger partial charge in [0.15, 0.2) is 5.82 Å². The van der Waals surface area contributed by atoms with Crippen LogP contribution in [0.25, 0.3) is 5.70 Å². The first kappa shape index (κ1) is 33.3. The van der Waals surface area contributed by atoms with Crippen LogP contribution in [0.5, 0.6) is 0 Å². The van der Waals surface area contributed by atoms with Crippen LogP contribution in [-0.4, -0.2) is 80.6 Å². The average Bonchev–Trinajstić information content (AvgIpc) is 3.40. The largest absolute Gasteiger partial charge is 0.378 e. The molecule has 0 saturated carbocycles. The number of aromatic nitrogens is 4. The highest BCUT2D eigenvalue weighted by Gasteiger charge is 2.46. The topological polar surface area (TPSA) is 146 Å². The molecule has 1 heterocycles. The molecule has 11 nitrogen and oxygen atoms in total. The molecule has 1 aromatic heterocycles. The Morgan fingerprint density at radius 1 is 1.11 bits per heavy atom. The monoisotopic (exact) mass is 611 g/mol. The van der Waals surface area contributed by atoms with Crippen molar-refractivity contribution in [3.8, 4) is 6.07 Å². The predicted octanol–water partition coefficient (Wildman–Crippen LogP) is 3.18. The first-order chi connectivity index (χ1) is 21.3. The summed E-state index contributed by atoms with van der Waals surface area (Å²) >= 11 is 0. The number of nitrogens with zero attached hydrogens (tertiary/aromatic N) is 7. The van der Waals surface area contributed by atoms with Gasteiger partial charge in [0, 0.05) is 37.4 Å². The molecule has 3 aromatic rings. The fraction of sp³-hybridized carbons (Fsp3) is 0.471. The second-order valence-electron chi connectivity index (χ2n) is 12.4. The molecule has 0 radical (unpaired) electrons. The first-order valence-corrected chi connectivity index (χ1v) is 15.5. The SMILES string of the molecule is C=C(c1ccc2c(c1)CCc1cc(C(N)=O)ccc1C2(CC(C)NCC(=O)N(C(C)C)C(C#N)CC)c1nnn(C)n1)N(C)C. The zero-order valence-corrected chi connectivity index (χ0v) is 27.5. The number of primary amides is 1. The second kappa shape index (κ2) is 13.6. The molecule has 3 unspecified atom stereocenters. The quantitative estimate of drug-likeness (QED) is 0.318. The van der Waals surface area contributed by atoms with Crippen molar-refractivity contribution in [1.82, 2.24) is 35.3 Å². The Labute approximate surface area is 266 Å². The van der Waals surface area contributed by atoms with E-state index in [0.29, 0.717) is 30.7 Å². The minimum atomic E-state index is -0.866. The Kier molecular flexibility index (Phi) is 10.1. The van der Waals surface area contributed by atoms with Gasteiger partial charge in [0.05, 0.1) is 25.1 Å². The smallest absolute Gasteiger partial charge is 0.248 e. The Hall–Kier alpha value is -4.56. The van der Waals surface area contributed by atoms with Gasteiger partial charge in [-0.05, 0) is 97.7 Å². The van der Waals surface area contributed by atoms with Gasteiger partial charge in [0.25, 0.3) is 0 Å². The second-order valence-corrected chi connectivity index (χ2v) is 12.4. The Morgan fingerprint density at radius 3 is 2.20 bits per heavy atom. The molecule has 0 saturated heterocycles. The van der Waals surface area contributed by atoms with Gasteiger partial charge < -0.3 is 20.9 Å². The average molecular weight is 612 g/mol. The lowest BCUT2D eigenvalue weighted by molar-refractivity contribution is -0.133. The Morgan fingerprint density at radius 2 is 1.71 bits per heavy atom. The lowest BCUT2D eigenvalue weighted by Crippen LogP contribution is -2.49. The van der Waals surface area contributed by atoms with E-state index in [9.17, 15) is 14.9 Å². The third-order valence-electron chi connectivity index (χ3n) is 8.77. The highest BCUT2D eigenvalue weighted by molar-refractivity contribution is 5.93. The maximum absolute atomic E-state index is 13.4. The number of aryl methyl sites for hydroxylation is 3. The molecule has 4 rings (SSSR count). The fourth-order valence-corrected chi connectivity index (χ4v) is 6.50. The molecule has 0 fully saturated rings. The van der Waals surface area contributed by atoms with Gasteiger partial charge in [-0.2, -0.15) is 10.1 Å². The normalized spacial score (nSPS) is 17.0. The van der Waals surface area contributed by atoms with Crippen LogP contribution in [0.1, 0.15) is 84.5 Å². The summed E-state index contributed by atoms with van der Waals surface area (Å²) in [6.07, 6.45) is 2.45. The first-order valence-electron chi connectivity index (χ1n) is 15.5. The van der Waals surface area contributed by atoms with E-state index >= 15 is 0 Å². The number of fused-ring (bicyclic) bond motifs is 2. The van der Waals surface area contributed by atoms with E-state index in [4.69, 9.17) is 10.8 Å². The summed E-state index contributed by atoms with van der Waals surface area (Å²) in [6.45, 7) is 12.1. The summed E-state index contributed by atoms with van der Waals surface area (Å²) in [7, 11) is 5.68. The predicted molar refractivity (Wildman–Crippen MR) is 174 cm³/mol. The van der Waals surface area contributed by atoms with E-state index < -0.39 is 17.4 Å². The summed E-state index contributed by atoms with van der Waals surface area (Å²) in [4.78, 5) is 30.8. The number of benzene rings is 2. The van der Waals surface area contributed by atoms with Crippen molar-refractivity contribution in [1.29, 1.82) is 5.26 Å². The van der Waals surface area contributed by atoms with Gasteiger partial charge in [0.1, 0.15) is 6.04 Å². The minimum Gasteiger partial charge on any atom is -0.378 e. The number of carbonyl (C=O) groups excluding carboxylic acids is 2. The molecular formula is C34H45N9O2. The van der Waals surface area contributed by atoms with Crippen molar-refractivity contribution >= 4 is 17.5 Å². The van der Waals surface area contributed by atoms with Gasteiger partial charge in [0.2, 0.25) is 11.8 Å². The summed E-state index contributed by atoms with van der Waals surface area (Å²) in [5.74, 6) is -0.0883.